The molecule has 2 heterocycles. The summed E-state index contributed by atoms with van der Waals surface area (Å²) in [5.74, 6) is -0.360. The molecular weight excluding hydrogens is 421 g/mol. The second-order valence-corrected chi connectivity index (χ2v) is 10.6. The molecule has 0 saturated heterocycles. The van der Waals surface area contributed by atoms with Gasteiger partial charge in [0.2, 0.25) is 0 Å². The van der Waals surface area contributed by atoms with Crippen LogP contribution in [-0.4, -0.2) is 27.4 Å². The van der Waals surface area contributed by atoms with E-state index in [4.69, 9.17) is 4.74 Å². The summed E-state index contributed by atoms with van der Waals surface area (Å²) in [6, 6.07) is 8.17. The average Bonchev–Trinajstić information content (AvgIpc) is 3.00. The fraction of sp³-hybridized carbons (Fsp3) is 0.462. The minimum Gasteiger partial charge on any atom is -0.443 e. The van der Waals surface area contributed by atoms with Gasteiger partial charge in [0.1, 0.15) is 17.1 Å². The first-order valence-corrected chi connectivity index (χ1v) is 11.3. The quantitative estimate of drug-likeness (QED) is 0.529. The molecule has 6 nitrogen and oxygen atoms in total. The molecule has 2 aromatic heterocycles. The number of ether oxygens (including phenoxy) is 1. The number of anilines is 1. The summed E-state index contributed by atoms with van der Waals surface area (Å²) in [5.41, 5.74) is 1.35. The largest absolute Gasteiger partial charge is 0.443 e. The number of halogens is 1. The van der Waals surface area contributed by atoms with Crippen molar-refractivity contribution in [3.63, 3.8) is 0 Å². The lowest BCUT2D eigenvalue weighted by atomic mass is 9.87. The highest BCUT2D eigenvalue weighted by Crippen LogP contribution is 2.31. The fourth-order valence-corrected chi connectivity index (χ4v) is 3.95. The van der Waals surface area contributed by atoms with Crippen LogP contribution in [0.1, 0.15) is 59.7 Å². The first-order valence-electron chi connectivity index (χ1n) is 11.3. The van der Waals surface area contributed by atoms with Crippen molar-refractivity contribution in [3.8, 4) is 0 Å². The zero-order chi connectivity index (χ0) is 24.6. The third kappa shape index (κ3) is 5.83. The highest BCUT2D eigenvalue weighted by molar-refractivity contribution is 5.93. The second-order valence-electron chi connectivity index (χ2n) is 10.6. The van der Waals surface area contributed by atoms with Crippen molar-refractivity contribution in [2.75, 3.05) is 11.9 Å². The molecule has 0 radical (unpaired) electrons. The smallest absolute Gasteiger partial charge is 0.419 e. The molecule has 178 valence electrons. The van der Waals surface area contributed by atoms with Gasteiger partial charge in [0.05, 0.1) is 17.8 Å². The van der Waals surface area contributed by atoms with Crippen LogP contribution in [0.25, 0.3) is 10.9 Å². The van der Waals surface area contributed by atoms with E-state index in [9.17, 15) is 14.0 Å². The van der Waals surface area contributed by atoms with Crippen LogP contribution in [0.3, 0.4) is 0 Å². The van der Waals surface area contributed by atoms with Crippen LogP contribution in [0.15, 0.2) is 41.3 Å². The van der Waals surface area contributed by atoms with Crippen LogP contribution in [0.5, 0.6) is 0 Å². The summed E-state index contributed by atoms with van der Waals surface area (Å²) in [6.45, 7) is 14.3. The van der Waals surface area contributed by atoms with Crippen LogP contribution >= 0.6 is 0 Å². The van der Waals surface area contributed by atoms with Crippen molar-refractivity contribution in [2.45, 2.75) is 67.0 Å². The van der Waals surface area contributed by atoms with E-state index in [1.165, 1.54) is 21.3 Å². The molecular formula is C26H34FN3O3. The number of aromatic nitrogens is 2. The summed E-state index contributed by atoms with van der Waals surface area (Å²) in [6.07, 6.45) is 1.70. The van der Waals surface area contributed by atoms with E-state index in [2.05, 4.69) is 26.1 Å². The zero-order valence-corrected chi connectivity index (χ0v) is 20.6. The van der Waals surface area contributed by atoms with Gasteiger partial charge < -0.3 is 14.6 Å². The van der Waals surface area contributed by atoms with Crippen molar-refractivity contribution in [1.82, 2.24) is 9.13 Å². The van der Waals surface area contributed by atoms with E-state index >= 15 is 0 Å². The second kappa shape index (κ2) is 9.04. The Kier molecular flexibility index (Phi) is 6.73. The van der Waals surface area contributed by atoms with E-state index < -0.39 is 11.7 Å². The lowest BCUT2D eigenvalue weighted by Crippen LogP contribution is -2.30. The van der Waals surface area contributed by atoms with Gasteiger partial charge in [-0.1, -0.05) is 20.8 Å². The van der Waals surface area contributed by atoms with Gasteiger partial charge in [0, 0.05) is 18.1 Å². The number of nitrogens with zero attached hydrogens (tertiary/aromatic N) is 2. The highest BCUT2D eigenvalue weighted by Gasteiger charge is 2.26. The Bertz CT molecular complexity index is 1230. The van der Waals surface area contributed by atoms with Gasteiger partial charge >= 0.3 is 6.09 Å². The van der Waals surface area contributed by atoms with Gasteiger partial charge in [-0.25, -0.2) is 13.8 Å². The third-order valence-electron chi connectivity index (χ3n) is 5.03. The van der Waals surface area contributed by atoms with E-state index in [1.807, 2.05) is 6.92 Å². The molecule has 0 aliphatic heterocycles. The Morgan fingerprint density at radius 2 is 1.82 bits per heavy atom. The molecule has 0 unspecified atom stereocenters. The van der Waals surface area contributed by atoms with E-state index in [1.54, 1.807) is 45.2 Å². The predicted octanol–water partition coefficient (Wildman–Crippen LogP) is 5.79. The maximum Gasteiger partial charge on any atom is 0.419 e. The van der Waals surface area contributed by atoms with Gasteiger partial charge in [0.25, 0.3) is 5.56 Å². The Hall–Kier alpha value is -3.09. The molecule has 0 atom stereocenters. The van der Waals surface area contributed by atoms with Crippen molar-refractivity contribution in [1.29, 1.82) is 0 Å². The maximum absolute atomic E-state index is 14.5. The molecule has 0 bridgehead atoms. The van der Waals surface area contributed by atoms with Crippen molar-refractivity contribution < 1.29 is 13.9 Å². The molecule has 0 aliphatic carbocycles. The Morgan fingerprint density at radius 3 is 2.42 bits per heavy atom. The number of nitrogens with one attached hydrogen (secondary N) is 1. The third-order valence-corrected chi connectivity index (χ3v) is 5.03. The number of hydrogen-bond acceptors (Lipinski definition) is 4. The molecule has 3 aromatic rings. The SMILES string of the molecule is CCNc1cccn(Cc2cc3cc(F)cc(CC(C)(C)C)c3n2C(=O)OC(C)(C)C)c1=O. The predicted molar refractivity (Wildman–Crippen MR) is 131 cm³/mol. The Morgan fingerprint density at radius 1 is 1.12 bits per heavy atom. The number of rotatable bonds is 5. The summed E-state index contributed by atoms with van der Waals surface area (Å²) < 4.78 is 23.3. The van der Waals surface area contributed by atoms with E-state index in [0.717, 1.165) is 5.56 Å². The zero-order valence-electron chi connectivity index (χ0n) is 20.6. The number of pyridine rings is 1. The molecule has 3 rings (SSSR count). The van der Waals surface area contributed by atoms with Crippen LogP contribution in [-0.2, 0) is 17.7 Å². The standard InChI is InChI=1S/C26H34FN3O3/c1-8-28-21-10-9-11-29(23(21)31)16-20-14-17-12-19(27)13-18(15-25(2,3)4)22(17)30(20)24(32)33-26(5,6)7/h9-14,28H,8,15-16H2,1-7H3. The highest BCUT2D eigenvalue weighted by atomic mass is 19.1. The molecule has 0 saturated carbocycles. The minimum atomic E-state index is -0.711. The molecule has 0 spiro atoms. The van der Waals surface area contributed by atoms with Crippen LogP contribution in [0.2, 0.25) is 0 Å². The Balaban J connectivity index is 2.23. The van der Waals surface area contributed by atoms with Gasteiger partial charge in [0.15, 0.2) is 0 Å². The number of fused-ring (bicyclic) bond motifs is 1. The van der Waals surface area contributed by atoms with E-state index in [-0.39, 0.29) is 23.3 Å². The molecule has 0 fully saturated rings. The number of carbonyl (C=O) groups is 1. The molecule has 33 heavy (non-hydrogen) atoms. The first kappa shape index (κ1) is 24.6. The monoisotopic (exact) mass is 455 g/mol. The summed E-state index contributed by atoms with van der Waals surface area (Å²) >= 11 is 0. The van der Waals surface area contributed by atoms with Gasteiger partial charge in [-0.3, -0.25) is 4.79 Å². The van der Waals surface area contributed by atoms with Gasteiger partial charge in [-0.05, 0) is 75.4 Å². The van der Waals surface area contributed by atoms with Crippen LogP contribution in [0, 0.1) is 11.2 Å². The number of carbonyl (C=O) groups excluding carboxylic acids is 1. The van der Waals surface area contributed by atoms with Crippen molar-refractivity contribution in [3.05, 3.63) is 64.0 Å². The summed E-state index contributed by atoms with van der Waals surface area (Å²) in [7, 11) is 0. The van der Waals surface area contributed by atoms with E-state index in [0.29, 0.717) is 35.2 Å². The lowest BCUT2D eigenvalue weighted by Gasteiger charge is -2.23. The van der Waals surface area contributed by atoms with Crippen molar-refractivity contribution in [2.24, 2.45) is 5.41 Å². The maximum atomic E-state index is 14.5. The van der Waals surface area contributed by atoms with Crippen LogP contribution < -0.4 is 10.9 Å². The number of hydrogen-bond donors (Lipinski definition) is 1. The fourth-order valence-electron chi connectivity index (χ4n) is 3.95. The molecule has 0 amide bonds. The molecule has 7 heteroatoms. The Labute approximate surface area is 194 Å². The number of benzene rings is 1. The summed E-state index contributed by atoms with van der Waals surface area (Å²) in [4.78, 5) is 26.3. The lowest BCUT2D eigenvalue weighted by molar-refractivity contribution is 0.0539. The summed E-state index contributed by atoms with van der Waals surface area (Å²) in [5, 5.41) is 3.66. The average molecular weight is 456 g/mol. The topological polar surface area (TPSA) is 65.3 Å². The molecule has 0 aliphatic rings. The molecule has 1 aromatic carbocycles. The van der Waals surface area contributed by atoms with Crippen LogP contribution in [0.4, 0.5) is 14.9 Å². The minimum absolute atomic E-state index is 0.124. The van der Waals surface area contributed by atoms with Gasteiger partial charge in [-0.2, -0.15) is 0 Å². The van der Waals surface area contributed by atoms with Crippen molar-refractivity contribution >= 4 is 22.7 Å². The normalized spacial score (nSPS) is 12.2. The first-order chi connectivity index (χ1) is 15.3. The molecule has 1 N–H and O–H groups in total. The van der Waals surface area contributed by atoms with Gasteiger partial charge in [-0.15, -0.1) is 0 Å².